The first-order valence-electron chi connectivity index (χ1n) is 0.894. The van der Waals surface area contributed by atoms with E-state index in [0.717, 1.165) is 0 Å². The van der Waals surface area contributed by atoms with Gasteiger partial charge in [-0.3, -0.25) is 0 Å². The van der Waals surface area contributed by atoms with Gasteiger partial charge >= 0.3 is 9.05 Å². The van der Waals surface area contributed by atoms with Crippen molar-refractivity contribution < 1.29 is 36.3 Å². The van der Waals surface area contributed by atoms with Crippen molar-refractivity contribution in [1.82, 2.24) is 0 Å². The van der Waals surface area contributed by atoms with Gasteiger partial charge in [0.25, 0.3) is 0 Å². The standard InChI is InChI=1S/ClH.Fe.H4O4Si/c;;1-5(2,3)4/h1H;;1-4H. The minimum absolute atomic E-state index is 0. The Hall–Kier alpha value is 0.866. The summed E-state index contributed by atoms with van der Waals surface area (Å²) in [4.78, 5) is 29.3. The van der Waals surface area contributed by atoms with E-state index in [-0.39, 0.29) is 29.5 Å². The van der Waals surface area contributed by atoms with E-state index >= 15 is 0 Å². The predicted molar refractivity (Wildman–Crippen MR) is 21.9 cm³/mol. The van der Waals surface area contributed by atoms with Gasteiger partial charge in [-0.25, -0.2) is 0 Å². The van der Waals surface area contributed by atoms with Crippen molar-refractivity contribution >= 4 is 21.5 Å². The van der Waals surface area contributed by atoms with Gasteiger partial charge in [0, 0.05) is 17.1 Å². The Labute approximate surface area is 58.2 Å². The molecule has 0 aromatic rings. The van der Waals surface area contributed by atoms with Crippen molar-refractivity contribution in [3.63, 3.8) is 0 Å². The largest absolute Gasteiger partial charge is 0.668 e. The molecule has 0 amide bonds. The molecule has 0 rings (SSSR count). The van der Waals surface area contributed by atoms with Crippen molar-refractivity contribution in [3.05, 3.63) is 0 Å². The third-order valence-electron chi connectivity index (χ3n) is 0. The van der Waals surface area contributed by atoms with E-state index in [1.165, 1.54) is 0 Å². The molecule has 0 saturated carbocycles. The Kier molecular flexibility index (Phi) is 11.2. The second-order valence-electron chi connectivity index (χ2n) is 0.600. The van der Waals surface area contributed by atoms with Gasteiger partial charge in [-0.05, 0) is 0 Å². The van der Waals surface area contributed by atoms with Crippen molar-refractivity contribution in [1.29, 1.82) is 0 Å². The van der Waals surface area contributed by atoms with Gasteiger partial charge in [0.05, 0.1) is 0 Å². The van der Waals surface area contributed by atoms with Crippen LogP contribution >= 0.6 is 12.4 Å². The molecule has 0 bridgehead atoms. The van der Waals surface area contributed by atoms with E-state index in [0.29, 0.717) is 0 Å². The summed E-state index contributed by atoms with van der Waals surface area (Å²) in [6.07, 6.45) is 0. The fourth-order valence-electron chi connectivity index (χ4n) is 0. The van der Waals surface area contributed by atoms with Gasteiger partial charge < -0.3 is 19.2 Å². The van der Waals surface area contributed by atoms with Crippen LogP contribution in [0.15, 0.2) is 0 Å². The molecule has 4 N–H and O–H groups in total. The zero-order valence-corrected chi connectivity index (χ0v) is 5.97. The molecule has 0 atom stereocenters. The zero-order valence-electron chi connectivity index (χ0n) is 3.05. The molecule has 0 aromatic heterocycles. The van der Waals surface area contributed by atoms with Gasteiger partial charge in [0.15, 0.2) is 0 Å². The quantitative estimate of drug-likeness (QED) is 0.326. The van der Waals surface area contributed by atoms with Gasteiger partial charge in [0.2, 0.25) is 0 Å². The Balaban J connectivity index is -0.0000000800. The molecule has 0 aromatic carbocycles. The Morgan fingerprint density at radius 3 is 0.857 bits per heavy atom. The summed E-state index contributed by atoms with van der Waals surface area (Å²) in [5, 5.41) is 0. The molecule has 0 unspecified atom stereocenters. The van der Waals surface area contributed by atoms with E-state index in [4.69, 9.17) is 19.2 Å². The van der Waals surface area contributed by atoms with Crippen LogP contribution in [0.5, 0.6) is 0 Å². The Bertz CT molecular complexity index is 27.2. The average molecular weight is 188 g/mol. The molecule has 0 saturated heterocycles. The van der Waals surface area contributed by atoms with Crippen molar-refractivity contribution in [2.75, 3.05) is 0 Å². The van der Waals surface area contributed by atoms with Crippen LogP contribution in [-0.2, 0) is 17.1 Å². The average Bonchev–Trinajstić information content (AvgIpc) is 0.722. The molecule has 0 aliphatic heterocycles. The molecule has 0 spiro atoms. The summed E-state index contributed by atoms with van der Waals surface area (Å²) in [5.41, 5.74) is 0. The van der Waals surface area contributed by atoms with Crippen LogP contribution in [0.1, 0.15) is 0 Å². The van der Waals surface area contributed by atoms with E-state index < -0.39 is 9.05 Å². The van der Waals surface area contributed by atoms with Crippen LogP contribution in [0.4, 0.5) is 0 Å². The zero-order chi connectivity index (χ0) is 4.50. The molecular weight excluding hydrogens is 183 g/mol. The number of hydrogen-bond donors (Lipinski definition) is 4. The molecule has 0 aliphatic carbocycles. The number of halogens is 1. The first-order valence-corrected chi connectivity index (χ1v) is 2.68. The van der Waals surface area contributed by atoms with Crippen LogP contribution in [0.3, 0.4) is 0 Å². The molecule has 0 fully saturated rings. The van der Waals surface area contributed by atoms with Gasteiger partial charge in [-0.2, -0.15) is 0 Å². The van der Waals surface area contributed by atoms with E-state index in [2.05, 4.69) is 0 Å². The summed E-state index contributed by atoms with van der Waals surface area (Å²) in [5.74, 6) is 0. The summed E-state index contributed by atoms with van der Waals surface area (Å²) in [6.45, 7) is 0. The topological polar surface area (TPSA) is 80.9 Å². The summed E-state index contributed by atoms with van der Waals surface area (Å²) in [6, 6.07) is 0. The Morgan fingerprint density at radius 1 is 0.857 bits per heavy atom. The third-order valence-corrected chi connectivity index (χ3v) is 0. The monoisotopic (exact) mass is 188 g/mol. The molecule has 4 nitrogen and oxygen atoms in total. The summed E-state index contributed by atoms with van der Waals surface area (Å²) < 4.78 is 0. The smallest absolute Gasteiger partial charge is 0.368 e. The van der Waals surface area contributed by atoms with Crippen LogP contribution < -0.4 is 0 Å². The van der Waals surface area contributed by atoms with Crippen molar-refractivity contribution in [2.45, 2.75) is 0 Å². The molecule has 7 heteroatoms. The summed E-state index contributed by atoms with van der Waals surface area (Å²) in [7, 11) is -4.61. The fourth-order valence-corrected chi connectivity index (χ4v) is 0. The first-order chi connectivity index (χ1) is 2.00. The van der Waals surface area contributed by atoms with Crippen LogP contribution in [0.25, 0.3) is 0 Å². The van der Waals surface area contributed by atoms with Gasteiger partial charge in [-0.15, -0.1) is 12.4 Å². The normalized spacial score (nSPS) is 8.57. The minimum Gasteiger partial charge on any atom is -0.368 e. The maximum Gasteiger partial charge on any atom is 0.668 e. The number of rotatable bonds is 0. The Morgan fingerprint density at radius 2 is 0.857 bits per heavy atom. The van der Waals surface area contributed by atoms with Gasteiger partial charge in [0.1, 0.15) is 0 Å². The van der Waals surface area contributed by atoms with Crippen molar-refractivity contribution in [3.8, 4) is 0 Å². The van der Waals surface area contributed by atoms with E-state index in [9.17, 15) is 0 Å². The fraction of sp³-hybridized carbons (Fsp3) is 0. The molecule has 0 aliphatic rings. The second-order valence-corrected chi connectivity index (χ2v) is 1.80. The maximum atomic E-state index is 7.33. The minimum atomic E-state index is -4.61. The van der Waals surface area contributed by atoms with Crippen LogP contribution in [-0.4, -0.2) is 28.2 Å². The first kappa shape index (κ1) is 15.7. The second kappa shape index (κ2) is 5.01. The summed E-state index contributed by atoms with van der Waals surface area (Å²) >= 11 is 0. The van der Waals surface area contributed by atoms with E-state index in [1.807, 2.05) is 0 Å². The predicted octanol–water partition coefficient (Wildman–Crippen LogP) is -2.19. The molecule has 7 heavy (non-hydrogen) atoms. The van der Waals surface area contributed by atoms with Crippen molar-refractivity contribution in [2.24, 2.45) is 0 Å². The molecular formula is H5ClFeO4Si. The van der Waals surface area contributed by atoms with Gasteiger partial charge in [-0.1, -0.05) is 0 Å². The molecule has 48 valence electrons. The van der Waals surface area contributed by atoms with Crippen LogP contribution in [0.2, 0.25) is 0 Å². The number of hydrogen-bond acceptors (Lipinski definition) is 4. The third kappa shape index (κ3) is 217. The maximum absolute atomic E-state index is 7.33. The van der Waals surface area contributed by atoms with E-state index in [1.54, 1.807) is 0 Å². The van der Waals surface area contributed by atoms with Crippen LogP contribution in [0, 0.1) is 0 Å². The SMILES string of the molecule is Cl.O[Si](O)(O)O.[Fe]. The molecule has 0 heterocycles. The molecule has 0 radical (unpaired) electrons.